The summed E-state index contributed by atoms with van der Waals surface area (Å²) in [5, 5.41) is 20.2. The number of Topliss-reactive ketones (excluding diaryl/α,β-unsaturated/α-hetero) is 1. The first kappa shape index (κ1) is 24.3. The number of carbonyl (C=O) groups excluding carboxylic acids is 1. The first-order chi connectivity index (χ1) is 14.9. The maximum atomic E-state index is 11.6. The van der Waals surface area contributed by atoms with Crippen molar-refractivity contribution in [3.05, 3.63) is 58.2 Å². The molecule has 0 amide bonds. The van der Waals surface area contributed by atoms with E-state index in [4.69, 9.17) is 10.5 Å². The average molecular weight is 425 g/mol. The molecule has 166 valence electrons. The van der Waals surface area contributed by atoms with E-state index in [0.717, 1.165) is 72.4 Å². The number of ketones is 1. The Balaban J connectivity index is 0.000000221. The first-order valence-corrected chi connectivity index (χ1v) is 10.6. The fraction of sp³-hybridized carbons (Fsp3) is 0.458. The Hall–Kier alpha value is -2.93. The Labute approximate surface area is 184 Å². The number of hydrogen-bond acceptors (Lipinski definition) is 7. The van der Waals surface area contributed by atoms with E-state index in [2.05, 4.69) is 20.0 Å². The summed E-state index contributed by atoms with van der Waals surface area (Å²) in [6.07, 6.45) is 5.68. The Morgan fingerprint density at radius 2 is 1.90 bits per heavy atom. The van der Waals surface area contributed by atoms with Crippen LogP contribution in [0, 0.1) is 5.41 Å². The fourth-order valence-corrected chi connectivity index (χ4v) is 3.47. The number of hydrogen-bond donors (Lipinski definition) is 2. The van der Waals surface area contributed by atoms with Gasteiger partial charge in [-0.05, 0) is 83.1 Å². The van der Waals surface area contributed by atoms with Crippen LogP contribution < -0.4 is 0 Å². The highest BCUT2D eigenvalue weighted by atomic mass is 16.6. The Morgan fingerprint density at radius 1 is 1.16 bits per heavy atom. The summed E-state index contributed by atoms with van der Waals surface area (Å²) < 4.78 is 0. The third kappa shape index (κ3) is 7.07. The van der Waals surface area contributed by atoms with Crippen LogP contribution in [0.25, 0.3) is 0 Å². The van der Waals surface area contributed by atoms with Crippen LogP contribution in [0.2, 0.25) is 0 Å². The van der Waals surface area contributed by atoms with E-state index in [1.807, 2.05) is 25.1 Å². The summed E-state index contributed by atoms with van der Waals surface area (Å²) >= 11 is 0. The maximum absolute atomic E-state index is 11.6. The summed E-state index contributed by atoms with van der Waals surface area (Å²) in [6.45, 7) is 5.34. The van der Waals surface area contributed by atoms with Crippen molar-refractivity contribution in [2.75, 3.05) is 13.7 Å². The molecule has 31 heavy (non-hydrogen) atoms. The van der Waals surface area contributed by atoms with Crippen molar-refractivity contribution in [2.24, 2.45) is 5.16 Å². The van der Waals surface area contributed by atoms with Gasteiger partial charge in [0.25, 0.3) is 0 Å². The monoisotopic (exact) mass is 424 g/mol. The predicted molar refractivity (Wildman–Crippen MR) is 122 cm³/mol. The standard InChI is InChI=1S/C13H16N2O.C11H16N2O2/c1-8(14)13-7-11(9(2)16)10-5-3-4-6-12(10)15-13;1-9(13-15-2)11-7-3-5-10(12-11)6-4-8-14/h7,14H,3-6H2,1-2H3;3,5,7,14H,4,6,8H2,1-2H3/b;13-9+. The second kappa shape index (κ2) is 12.1. The van der Waals surface area contributed by atoms with Gasteiger partial charge in [-0.25, -0.2) is 0 Å². The number of nitrogens with one attached hydrogen (secondary N) is 1. The molecule has 2 aromatic rings. The van der Waals surface area contributed by atoms with Crippen molar-refractivity contribution < 1.29 is 14.7 Å². The van der Waals surface area contributed by atoms with Gasteiger partial charge < -0.3 is 15.4 Å². The molecule has 2 aromatic heterocycles. The summed E-state index contributed by atoms with van der Waals surface area (Å²) in [6, 6.07) is 7.54. The number of oxime groups is 1. The number of aryl methyl sites for hydroxylation is 2. The Morgan fingerprint density at radius 3 is 2.55 bits per heavy atom. The zero-order chi connectivity index (χ0) is 22.8. The van der Waals surface area contributed by atoms with Gasteiger partial charge in [0, 0.05) is 23.6 Å². The number of aliphatic hydroxyl groups is 1. The largest absolute Gasteiger partial charge is 0.399 e. The summed E-state index contributed by atoms with van der Waals surface area (Å²) in [5.41, 5.74) is 6.51. The van der Waals surface area contributed by atoms with Crippen LogP contribution in [0.4, 0.5) is 0 Å². The van der Waals surface area contributed by atoms with Crippen LogP contribution in [0.3, 0.4) is 0 Å². The molecular weight excluding hydrogens is 392 g/mol. The quantitative estimate of drug-likeness (QED) is 0.398. The smallest absolute Gasteiger partial charge is 0.160 e. The van der Waals surface area contributed by atoms with Crippen molar-refractivity contribution in [1.82, 2.24) is 9.97 Å². The molecule has 2 N–H and O–H groups in total. The molecule has 7 heteroatoms. The molecule has 0 radical (unpaired) electrons. The van der Waals surface area contributed by atoms with Gasteiger partial charge in [-0.3, -0.25) is 14.8 Å². The van der Waals surface area contributed by atoms with Crippen molar-refractivity contribution in [1.29, 1.82) is 5.41 Å². The van der Waals surface area contributed by atoms with Gasteiger partial charge in [-0.15, -0.1) is 0 Å². The predicted octanol–water partition coefficient (Wildman–Crippen LogP) is 3.93. The third-order valence-corrected chi connectivity index (χ3v) is 5.06. The van der Waals surface area contributed by atoms with Crippen molar-refractivity contribution >= 4 is 17.2 Å². The minimum absolute atomic E-state index is 0.0862. The van der Waals surface area contributed by atoms with Gasteiger partial charge in [0.2, 0.25) is 0 Å². The minimum atomic E-state index is 0.0862. The summed E-state index contributed by atoms with van der Waals surface area (Å²) in [4.78, 5) is 25.2. The number of pyridine rings is 2. The lowest BCUT2D eigenvalue weighted by molar-refractivity contribution is 0.101. The lowest BCUT2D eigenvalue weighted by atomic mass is 9.90. The first-order valence-electron chi connectivity index (χ1n) is 10.6. The van der Waals surface area contributed by atoms with Gasteiger partial charge in [0.1, 0.15) is 12.8 Å². The van der Waals surface area contributed by atoms with E-state index in [1.165, 1.54) is 7.11 Å². The number of aromatic nitrogens is 2. The number of rotatable bonds is 7. The number of nitrogens with zero attached hydrogens (tertiary/aromatic N) is 3. The van der Waals surface area contributed by atoms with Crippen molar-refractivity contribution in [2.45, 2.75) is 59.3 Å². The normalized spacial score (nSPS) is 13.0. The molecule has 0 aromatic carbocycles. The maximum Gasteiger partial charge on any atom is 0.160 e. The second-order valence-corrected chi connectivity index (χ2v) is 7.57. The molecule has 1 aliphatic carbocycles. The molecular formula is C24H32N4O3. The van der Waals surface area contributed by atoms with E-state index in [9.17, 15) is 4.79 Å². The highest BCUT2D eigenvalue weighted by Crippen LogP contribution is 2.24. The molecule has 0 spiro atoms. The Bertz CT molecular complexity index is 954. The van der Waals surface area contributed by atoms with Gasteiger partial charge >= 0.3 is 0 Å². The highest BCUT2D eigenvalue weighted by Gasteiger charge is 2.18. The zero-order valence-electron chi connectivity index (χ0n) is 18.9. The molecule has 0 unspecified atom stereocenters. The third-order valence-electron chi connectivity index (χ3n) is 5.06. The molecule has 0 saturated heterocycles. The molecule has 0 fully saturated rings. The highest BCUT2D eigenvalue weighted by molar-refractivity contribution is 6.00. The van der Waals surface area contributed by atoms with Crippen LogP contribution >= 0.6 is 0 Å². The molecule has 3 rings (SSSR count). The van der Waals surface area contributed by atoms with E-state index in [-0.39, 0.29) is 12.4 Å². The van der Waals surface area contributed by atoms with Gasteiger partial charge in [0.05, 0.1) is 17.1 Å². The lowest BCUT2D eigenvalue weighted by Gasteiger charge is -2.18. The van der Waals surface area contributed by atoms with E-state index in [0.29, 0.717) is 11.4 Å². The SMILES string of the molecule is CC(=N)c1cc(C(C)=O)c2c(n1)CCCC2.CO/N=C(\C)c1cccc(CCCO)n1. The van der Waals surface area contributed by atoms with Crippen molar-refractivity contribution in [3.63, 3.8) is 0 Å². The zero-order valence-corrected chi connectivity index (χ0v) is 18.9. The molecule has 0 saturated carbocycles. The summed E-state index contributed by atoms with van der Waals surface area (Å²) in [7, 11) is 1.51. The molecule has 2 heterocycles. The van der Waals surface area contributed by atoms with E-state index < -0.39 is 0 Å². The van der Waals surface area contributed by atoms with E-state index in [1.54, 1.807) is 19.9 Å². The molecule has 0 aliphatic heterocycles. The number of aliphatic hydroxyl groups excluding tert-OH is 1. The van der Waals surface area contributed by atoms with Crippen LogP contribution in [-0.2, 0) is 24.1 Å². The van der Waals surface area contributed by atoms with Crippen LogP contribution in [0.1, 0.15) is 78.7 Å². The Kier molecular flexibility index (Phi) is 9.46. The second-order valence-electron chi connectivity index (χ2n) is 7.57. The van der Waals surface area contributed by atoms with Crippen LogP contribution in [0.5, 0.6) is 0 Å². The van der Waals surface area contributed by atoms with Crippen LogP contribution in [0.15, 0.2) is 29.4 Å². The lowest BCUT2D eigenvalue weighted by Crippen LogP contribution is -2.14. The summed E-state index contributed by atoms with van der Waals surface area (Å²) in [5.74, 6) is 0.0862. The topological polar surface area (TPSA) is 109 Å². The number of fused-ring (bicyclic) bond motifs is 1. The van der Waals surface area contributed by atoms with Crippen LogP contribution in [-0.4, -0.2) is 46.0 Å². The molecule has 7 nitrogen and oxygen atoms in total. The van der Waals surface area contributed by atoms with E-state index >= 15 is 0 Å². The average Bonchev–Trinajstić information content (AvgIpc) is 2.77. The molecule has 0 atom stereocenters. The minimum Gasteiger partial charge on any atom is -0.399 e. The van der Waals surface area contributed by atoms with Gasteiger partial charge in [-0.1, -0.05) is 11.2 Å². The molecule has 0 bridgehead atoms. The van der Waals surface area contributed by atoms with Gasteiger partial charge in [-0.2, -0.15) is 0 Å². The number of carbonyl (C=O) groups is 1. The van der Waals surface area contributed by atoms with Crippen molar-refractivity contribution in [3.8, 4) is 0 Å². The fourth-order valence-electron chi connectivity index (χ4n) is 3.47. The molecule has 1 aliphatic rings. The van der Waals surface area contributed by atoms with Gasteiger partial charge in [0.15, 0.2) is 5.78 Å².